The molecular weight excluding hydrogens is 514 g/mol. The number of hydrogen-bond acceptors (Lipinski definition) is 8. The van der Waals surface area contributed by atoms with Crippen LogP contribution in [0.5, 0.6) is 11.5 Å². The lowest BCUT2D eigenvalue weighted by atomic mass is 9.80. The van der Waals surface area contributed by atoms with E-state index >= 15 is 0 Å². The number of methoxy groups -OCH3 is 2. The SMILES string of the molecule is COc1ccc(C(OCC2OC(n3ccc(=O)[nH]c3=O)C(N)C2O)(c2ccccc2)c2ccc(OC)cc2)cc1. The van der Waals surface area contributed by atoms with Gasteiger partial charge < -0.3 is 29.8 Å². The maximum absolute atomic E-state index is 12.4. The van der Waals surface area contributed by atoms with Gasteiger partial charge in [-0.05, 0) is 41.0 Å². The smallest absolute Gasteiger partial charge is 0.330 e. The molecule has 1 aromatic heterocycles. The van der Waals surface area contributed by atoms with E-state index in [1.54, 1.807) is 14.2 Å². The maximum Gasteiger partial charge on any atom is 0.330 e. The zero-order chi connectivity index (χ0) is 28.3. The van der Waals surface area contributed by atoms with Crippen LogP contribution in [0.1, 0.15) is 22.9 Å². The summed E-state index contributed by atoms with van der Waals surface area (Å²) < 4.78 is 24.8. The second-order valence-electron chi connectivity index (χ2n) is 9.47. The highest BCUT2D eigenvalue weighted by Crippen LogP contribution is 2.42. The molecule has 0 amide bonds. The Bertz CT molecular complexity index is 1490. The molecule has 0 radical (unpaired) electrons. The van der Waals surface area contributed by atoms with E-state index in [-0.39, 0.29) is 6.61 Å². The van der Waals surface area contributed by atoms with Crippen molar-refractivity contribution in [3.05, 3.63) is 129 Å². The van der Waals surface area contributed by atoms with Crippen LogP contribution in [0.25, 0.3) is 0 Å². The molecule has 208 valence electrons. The van der Waals surface area contributed by atoms with Gasteiger partial charge in [0.15, 0.2) is 6.23 Å². The number of nitrogens with one attached hydrogen (secondary N) is 1. The summed E-state index contributed by atoms with van der Waals surface area (Å²) in [5.74, 6) is 1.38. The Hall–Kier alpha value is -4.22. The molecule has 5 rings (SSSR count). The maximum atomic E-state index is 12.4. The first-order valence-electron chi connectivity index (χ1n) is 12.8. The summed E-state index contributed by atoms with van der Waals surface area (Å²) in [7, 11) is 3.21. The van der Waals surface area contributed by atoms with Crippen LogP contribution in [0, 0.1) is 0 Å². The van der Waals surface area contributed by atoms with Crippen molar-refractivity contribution in [1.82, 2.24) is 9.55 Å². The van der Waals surface area contributed by atoms with Crippen LogP contribution in [0.4, 0.5) is 0 Å². The molecule has 4 N–H and O–H groups in total. The molecule has 0 spiro atoms. The van der Waals surface area contributed by atoms with Gasteiger partial charge in [0.05, 0.1) is 26.9 Å². The lowest BCUT2D eigenvalue weighted by Gasteiger charge is -2.37. The summed E-state index contributed by atoms with van der Waals surface area (Å²) in [5.41, 5.74) is 6.40. The third-order valence-electron chi connectivity index (χ3n) is 7.18. The van der Waals surface area contributed by atoms with Crippen LogP contribution < -0.4 is 26.5 Å². The van der Waals surface area contributed by atoms with Gasteiger partial charge in [0.2, 0.25) is 0 Å². The number of benzene rings is 3. The molecular formula is C30H31N3O7. The van der Waals surface area contributed by atoms with E-state index in [0.29, 0.717) is 11.5 Å². The second-order valence-corrected chi connectivity index (χ2v) is 9.47. The molecule has 3 aromatic carbocycles. The minimum Gasteiger partial charge on any atom is -0.497 e. The van der Waals surface area contributed by atoms with E-state index in [2.05, 4.69) is 4.98 Å². The Kier molecular flexibility index (Phi) is 7.85. The molecule has 1 saturated heterocycles. The Morgan fingerprint density at radius 1 is 0.875 bits per heavy atom. The Morgan fingerprint density at radius 3 is 1.95 bits per heavy atom. The standard InChI is InChI=1S/C30H31N3O7/c1-37-22-12-8-20(9-13-22)30(19-6-4-3-5-7-19,21-10-14-23(38-2)15-11-21)39-18-24-27(35)26(31)28(40-24)33-17-16-25(34)32-29(33)36/h3-17,24,26-28,35H,18,31H2,1-2H3,(H,32,34,36). The fraction of sp³-hybridized carbons (Fsp3) is 0.267. The summed E-state index contributed by atoms with van der Waals surface area (Å²) in [4.78, 5) is 26.1. The number of aliphatic hydroxyl groups excluding tert-OH is 1. The van der Waals surface area contributed by atoms with E-state index in [9.17, 15) is 14.7 Å². The van der Waals surface area contributed by atoms with Crippen LogP contribution in [0.2, 0.25) is 0 Å². The lowest BCUT2D eigenvalue weighted by molar-refractivity contribution is -0.0945. The molecule has 0 bridgehead atoms. The molecule has 4 unspecified atom stereocenters. The second kappa shape index (κ2) is 11.5. The summed E-state index contributed by atoms with van der Waals surface area (Å²) >= 11 is 0. The van der Waals surface area contributed by atoms with Crippen molar-refractivity contribution in [3.8, 4) is 11.5 Å². The largest absolute Gasteiger partial charge is 0.497 e. The van der Waals surface area contributed by atoms with Crippen molar-refractivity contribution in [1.29, 1.82) is 0 Å². The topological polar surface area (TPSA) is 138 Å². The number of ether oxygens (including phenoxy) is 4. The van der Waals surface area contributed by atoms with Crippen LogP contribution >= 0.6 is 0 Å². The van der Waals surface area contributed by atoms with Crippen LogP contribution in [0.3, 0.4) is 0 Å². The van der Waals surface area contributed by atoms with Crippen molar-refractivity contribution in [2.45, 2.75) is 30.1 Å². The number of nitrogens with two attached hydrogens (primary N) is 1. The van der Waals surface area contributed by atoms with E-state index in [1.165, 1.54) is 12.3 Å². The molecule has 4 aromatic rings. The number of aromatic nitrogens is 2. The molecule has 2 heterocycles. The number of nitrogens with zero attached hydrogens (tertiary/aromatic N) is 1. The van der Waals surface area contributed by atoms with Crippen LogP contribution in [-0.2, 0) is 15.1 Å². The minimum absolute atomic E-state index is 0.0730. The first-order chi connectivity index (χ1) is 19.4. The fourth-order valence-corrected chi connectivity index (χ4v) is 5.06. The third-order valence-corrected chi connectivity index (χ3v) is 7.18. The number of hydrogen-bond donors (Lipinski definition) is 3. The Labute approximate surface area is 230 Å². The normalized spacial score (nSPS) is 20.8. The minimum atomic E-state index is -1.15. The van der Waals surface area contributed by atoms with Crippen molar-refractivity contribution < 1.29 is 24.1 Å². The highest BCUT2D eigenvalue weighted by Gasteiger charge is 2.45. The average molecular weight is 546 g/mol. The van der Waals surface area contributed by atoms with Gasteiger partial charge in [0.25, 0.3) is 5.56 Å². The lowest BCUT2D eigenvalue weighted by Crippen LogP contribution is -2.43. The zero-order valence-corrected chi connectivity index (χ0v) is 22.1. The van der Waals surface area contributed by atoms with E-state index in [1.807, 2.05) is 78.9 Å². The zero-order valence-electron chi connectivity index (χ0n) is 22.1. The van der Waals surface area contributed by atoms with Gasteiger partial charge in [-0.25, -0.2) is 4.79 Å². The predicted molar refractivity (Wildman–Crippen MR) is 147 cm³/mol. The van der Waals surface area contributed by atoms with Crippen molar-refractivity contribution >= 4 is 0 Å². The predicted octanol–water partition coefficient (Wildman–Crippen LogP) is 2.15. The molecule has 10 heteroatoms. The van der Waals surface area contributed by atoms with E-state index in [4.69, 9.17) is 24.7 Å². The van der Waals surface area contributed by atoms with Crippen molar-refractivity contribution in [2.75, 3.05) is 20.8 Å². The molecule has 0 aliphatic carbocycles. The summed E-state index contributed by atoms with van der Waals surface area (Å²) in [6, 6.07) is 25.1. The molecule has 40 heavy (non-hydrogen) atoms. The molecule has 4 atom stereocenters. The molecule has 1 aliphatic heterocycles. The van der Waals surface area contributed by atoms with E-state index < -0.39 is 41.3 Å². The molecule has 1 aliphatic rings. The summed E-state index contributed by atoms with van der Waals surface area (Å²) in [6.07, 6.45) is -1.73. The quantitative estimate of drug-likeness (QED) is 0.272. The van der Waals surface area contributed by atoms with Crippen LogP contribution in [0.15, 0.2) is 101 Å². The highest BCUT2D eigenvalue weighted by molar-refractivity contribution is 5.49. The van der Waals surface area contributed by atoms with Crippen molar-refractivity contribution in [2.24, 2.45) is 5.73 Å². The monoisotopic (exact) mass is 545 g/mol. The first kappa shape index (κ1) is 27.4. The van der Waals surface area contributed by atoms with Gasteiger partial charge in [-0.3, -0.25) is 14.3 Å². The van der Waals surface area contributed by atoms with Gasteiger partial charge in [0.1, 0.15) is 29.3 Å². The Balaban J connectivity index is 1.56. The number of aliphatic hydroxyl groups is 1. The third kappa shape index (κ3) is 5.05. The fourth-order valence-electron chi connectivity index (χ4n) is 5.06. The summed E-state index contributed by atoms with van der Waals surface area (Å²) in [5, 5.41) is 11.0. The van der Waals surface area contributed by atoms with Crippen molar-refractivity contribution in [3.63, 3.8) is 0 Å². The highest BCUT2D eigenvalue weighted by atomic mass is 16.6. The van der Waals surface area contributed by atoms with Gasteiger partial charge in [-0.1, -0.05) is 54.6 Å². The summed E-state index contributed by atoms with van der Waals surface area (Å²) in [6.45, 7) is -0.0730. The first-order valence-corrected chi connectivity index (χ1v) is 12.8. The molecule has 1 fully saturated rings. The molecule has 0 saturated carbocycles. The number of aromatic amines is 1. The van der Waals surface area contributed by atoms with Gasteiger partial charge in [-0.2, -0.15) is 0 Å². The number of H-pyrrole nitrogens is 1. The average Bonchev–Trinajstić information content (AvgIpc) is 3.27. The Morgan fingerprint density at radius 2 is 1.43 bits per heavy atom. The van der Waals surface area contributed by atoms with Gasteiger partial charge >= 0.3 is 5.69 Å². The number of rotatable bonds is 9. The molecule has 10 nitrogen and oxygen atoms in total. The van der Waals surface area contributed by atoms with E-state index in [0.717, 1.165) is 21.3 Å². The van der Waals surface area contributed by atoms with Gasteiger partial charge in [0, 0.05) is 12.3 Å². The van der Waals surface area contributed by atoms with Gasteiger partial charge in [-0.15, -0.1) is 0 Å². The van der Waals surface area contributed by atoms with Crippen LogP contribution in [-0.4, -0.2) is 53.7 Å².